The first kappa shape index (κ1) is 15.9. The van der Waals surface area contributed by atoms with Crippen LogP contribution in [-0.2, 0) is 6.54 Å². The van der Waals surface area contributed by atoms with E-state index in [9.17, 15) is 0 Å². The lowest BCUT2D eigenvalue weighted by Crippen LogP contribution is -2.62. The maximum absolute atomic E-state index is 4.65. The standard InChI is InChI=1S/C16H29N3S/c1-6-16(5)11-19(9-15-18-13(4)10-20-15)14(8-17-16)7-12(2)3/h10,12,14,17H,6-9,11H2,1-5H3. The minimum atomic E-state index is 0.250. The number of rotatable bonds is 5. The Kier molecular flexibility index (Phi) is 5.21. The van der Waals surface area contributed by atoms with Gasteiger partial charge in [-0.05, 0) is 32.6 Å². The molecule has 3 nitrogen and oxygen atoms in total. The lowest BCUT2D eigenvalue weighted by atomic mass is 9.91. The molecule has 1 aromatic heterocycles. The van der Waals surface area contributed by atoms with Gasteiger partial charge in [-0.3, -0.25) is 4.90 Å². The summed E-state index contributed by atoms with van der Waals surface area (Å²) in [5, 5.41) is 7.18. The summed E-state index contributed by atoms with van der Waals surface area (Å²) in [4.78, 5) is 7.30. The number of piperazine rings is 1. The summed E-state index contributed by atoms with van der Waals surface area (Å²) in [6.07, 6.45) is 2.44. The molecular weight excluding hydrogens is 266 g/mol. The summed E-state index contributed by atoms with van der Waals surface area (Å²) in [6.45, 7) is 14.6. The number of aryl methyl sites for hydroxylation is 1. The molecule has 0 saturated carbocycles. The maximum Gasteiger partial charge on any atom is 0.107 e. The smallest absolute Gasteiger partial charge is 0.107 e. The van der Waals surface area contributed by atoms with Gasteiger partial charge in [-0.25, -0.2) is 4.98 Å². The Hall–Kier alpha value is -0.450. The molecule has 1 aliphatic rings. The molecule has 1 N–H and O–H groups in total. The molecule has 1 fully saturated rings. The van der Waals surface area contributed by atoms with Gasteiger partial charge in [0.1, 0.15) is 5.01 Å². The summed E-state index contributed by atoms with van der Waals surface area (Å²) >= 11 is 1.80. The maximum atomic E-state index is 4.65. The Morgan fingerprint density at radius 1 is 1.55 bits per heavy atom. The third-order valence-corrected chi connectivity index (χ3v) is 5.31. The summed E-state index contributed by atoms with van der Waals surface area (Å²) in [5.74, 6) is 0.744. The van der Waals surface area contributed by atoms with E-state index < -0.39 is 0 Å². The van der Waals surface area contributed by atoms with E-state index in [4.69, 9.17) is 0 Å². The van der Waals surface area contributed by atoms with Gasteiger partial charge in [-0.2, -0.15) is 0 Å². The molecule has 114 valence electrons. The van der Waals surface area contributed by atoms with Crippen LogP contribution in [0.5, 0.6) is 0 Å². The number of hydrogen-bond acceptors (Lipinski definition) is 4. The molecule has 0 aliphatic carbocycles. The zero-order valence-electron chi connectivity index (χ0n) is 13.6. The Labute approximate surface area is 127 Å². The molecule has 0 bridgehead atoms. The summed E-state index contributed by atoms with van der Waals surface area (Å²) < 4.78 is 0. The average molecular weight is 295 g/mol. The predicted octanol–water partition coefficient (Wildman–Crippen LogP) is 3.44. The zero-order valence-corrected chi connectivity index (χ0v) is 14.4. The van der Waals surface area contributed by atoms with Gasteiger partial charge in [-0.15, -0.1) is 11.3 Å². The van der Waals surface area contributed by atoms with E-state index in [2.05, 4.69) is 55.2 Å². The number of nitrogens with zero attached hydrogens (tertiary/aromatic N) is 2. The van der Waals surface area contributed by atoms with Crippen LogP contribution in [0.3, 0.4) is 0 Å². The fourth-order valence-electron chi connectivity index (χ4n) is 2.97. The largest absolute Gasteiger partial charge is 0.309 e. The lowest BCUT2D eigenvalue weighted by Gasteiger charge is -2.46. The van der Waals surface area contributed by atoms with E-state index in [1.165, 1.54) is 17.8 Å². The highest BCUT2D eigenvalue weighted by molar-refractivity contribution is 7.09. The molecule has 4 heteroatoms. The van der Waals surface area contributed by atoms with Crippen LogP contribution >= 0.6 is 11.3 Å². The van der Waals surface area contributed by atoms with Crippen molar-refractivity contribution in [2.45, 2.75) is 65.6 Å². The Morgan fingerprint density at radius 3 is 2.85 bits per heavy atom. The Morgan fingerprint density at radius 2 is 2.30 bits per heavy atom. The van der Waals surface area contributed by atoms with Crippen LogP contribution in [0.2, 0.25) is 0 Å². The molecule has 0 spiro atoms. The Bertz CT molecular complexity index is 429. The van der Waals surface area contributed by atoms with E-state index in [1.807, 2.05) is 0 Å². The van der Waals surface area contributed by atoms with Crippen molar-refractivity contribution in [3.8, 4) is 0 Å². The molecule has 2 unspecified atom stereocenters. The second-order valence-corrected chi connectivity index (χ2v) is 7.81. The van der Waals surface area contributed by atoms with Gasteiger partial charge in [0, 0.05) is 35.7 Å². The first-order valence-electron chi connectivity index (χ1n) is 7.82. The third-order valence-electron chi connectivity index (χ3n) is 4.36. The van der Waals surface area contributed by atoms with Crippen LogP contribution in [0.4, 0.5) is 0 Å². The molecule has 0 radical (unpaired) electrons. The highest BCUT2D eigenvalue weighted by Gasteiger charge is 2.34. The summed E-state index contributed by atoms with van der Waals surface area (Å²) in [5.41, 5.74) is 1.40. The van der Waals surface area contributed by atoms with Crippen molar-refractivity contribution in [2.24, 2.45) is 5.92 Å². The topological polar surface area (TPSA) is 28.2 Å². The SMILES string of the molecule is CCC1(C)CN(Cc2nc(C)cs2)C(CC(C)C)CN1. The van der Waals surface area contributed by atoms with Gasteiger partial charge < -0.3 is 5.32 Å². The number of hydrogen-bond donors (Lipinski definition) is 1. The van der Waals surface area contributed by atoms with E-state index in [0.717, 1.165) is 31.2 Å². The number of aromatic nitrogens is 1. The molecule has 0 amide bonds. The van der Waals surface area contributed by atoms with E-state index in [1.54, 1.807) is 11.3 Å². The average Bonchev–Trinajstić information content (AvgIpc) is 2.78. The first-order chi connectivity index (χ1) is 9.42. The highest BCUT2D eigenvalue weighted by Crippen LogP contribution is 2.25. The molecule has 2 atom stereocenters. The van der Waals surface area contributed by atoms with E-state index in [-0.39, 0.29) is 5.54 Å². The normalized spacial score (nSPS) is 28.2. The minimum Gasteiger partial charge on any atom is -0.309 e. The minimum absolute atomic E-state index is 0.250. The van der Waals surface area contributed by atoms with Gasteiger partial charge in [0.25, 0.3) is 0 Å². The van der Waals surface area contributed by atoms with Crippen molar-refractivity contribution in [2.75, 3.05) is 13.1 Å². The fourth-order valence-corrected chi connectivity index (χ4v) is 3.77. The summed E-state index contributed by atoms with van der Waals surface area (Å²) in [7, 11) is 0. The van der Waals surface area contributed by atoms with Crippen LogP contribution < -0.4 is 5.32 Å². The van der Waals surface area contributed by atoms with Crippen molar-refractivity contribution in [3.63, 3.8) is 0 Å². The van der Waals surface area contributed by atoms with Crippen LogP contribution in [0.15, 0.2) is 5.38 Å². The van der Waals surface area contributed by atoms with E-state index >= 15 is 0 Å². The van der Waals surface area contributed by atoms with Crippen LogP contribution in [0.25, 0.3) is 0 Å². The molecular formula is C16H29N3S. The van der Waals surface area contributed by atoms with Crippen molar-refractivity contribution < 1.29 is 0 Å². The zero-order chi connectivity index (χ0) is 14.8. The second-order valence-electron chi connectivity index (χ2n) is 6.87. The van der Waals surface area contributed by atoms with Crippen LogP contribution in [0, 0.1) is 12.8 Å². The molecule has 2 rings (SSSR count). The first-order valence-corrected chi connectivity index (χ1v) is 8.70. The van der Waals surface area contributed by atoms with Gasteiger partial charge in [0.2, 0.25) is 0 Å². The molecule has 1 aliphatic heterocycles. The quantitative estimate of drug-likeness (QED) is 0.902. The lowest BCUT2D eigenvalue weighted by molar-refractivity contribution is 0.0663. The monoisotopic (exact) mass is 295 g/mol. The third kappa shape index (κ3) is 4.03. The molecule has 1 saturated heterocycles. The molecule has 20 heavy (non-hydrogen) atoms. The molecule has 0 aromatic carbocycles. The van der Waals surface area contributed by atoms with Gasteiger partial charge in [0.15, 0.2) is 0 Å². The fraction of sp³-hybridized carbons (Fsp3) is 0.812. The highest BCUT2D eigenvalue weighted by atomic mass is 32.1. The number of thiazole rings is 1. The van der Waals surface area contributed by atoms with Gasteiger partial charge >= 0.3 is 0 Å². The second kappa shape index (κ2) is 6.54. The van der Waals surface area contributed by atoms with E-state index in [0.29, 0.717) is 6.04 Å². The van der Waals surface area contributed by atoms with Crippen LogP contribution in [-0.4, -0.2) is 34.6 Å². The van der Waals surface area contributed by atoms with Crippen LogP contribution in [0.1, 0.15) is 51.2 Å². The van der Waals surface area contributed by atoms with Crippen molar-refractivity contribution in [1.29, 1.82) is 0 Å². The van der Waals surface area contributed by atoms with Gasteiger partial charge in [-0.1, -0.05) is 20.8 Å². The van der Waals surface area contributed by atoms with Crippen molar-refractivity contribution >= 4 is 11.3 Å². The van der Waals surface area contributed by atoms with Gasteiger partial charge in [0.05, 0.1) is 6.54 Å². The molecule has 2 heterocycles. The number of nitrogens with one attached hydrogen (secondary N) is 1. The van der Waals surface area contributed by atoms with Crippen molar-refractivity contribution in [1.82, 2.24) is 15.2 Å². The predicted molar refractivity (Wildman–Crippen MR) is 87.2 cm³/mol. The van der Waals surface area contributed by atoms with Crippen molar-refractivity contribution in [3.05, 3.63) is 16.1 Å². The Balaban J connectivity index is 2.08. The summed E-state index contributed by atoms with van der Waals surface area (Å²) in [6, 6.07) is 0.638. The molecule has 1 aromatic rings.